The molecule has 2 aliphatic heterocycles. The highest BCUT2D eigenvalue weighted by atomic mass is 32.1. The third kappa shape index (κ3) is 3.70. The highest BCUT2D eigenvalue weighted by molar-refractivity contribution is 7.07. The molecule has 0 bridgehead atoms. The van der Waals surface area contributed by atoms with Gasteiger partial charge in [0.05, 0.1) is 0 Å². The van der Waals surface area contributed by atoms with Gasteiger partial charge in [-0.1, -0.05) is 30.3 Å². The van der Waals surface area contributed by atoms with Gasteiger partial charge in [0.2, 0.25) is 5.82 Å². The number of fused-ring (bicyclic) bond motifs is 2. The number of aromatic nitrogens is 3. The molecule has 2 atom stereocenters. The van der Waals surface area contributed by atoms with Crippen molar-refractivity contribution in [1.82, 2.24) is 25.0 Å². The van der Waals surface area contributed by atoms with E-state index in [0.29, 0.717) is 5.82 Å². The Labute approximate surface area is 187 Å². The van der Waals surface area contributed by atoms with Gasteiger partial charge in [0.1, 0.15) is 5.82 Å². The lowest BCUT2D eigenvalue weighted by Gasteiger charge is -2.38. The van der Waals surface area contributed by atoms with Crippen LogP contribution in [0.4, 0.5) is 0 Å². The fraction of sp³-hybridized carbons (Fsp3) is 0.458. The Bertz CT molecular complexity index is 1050. The quantitative estimate of drug-likeness (QED) is 0.665. The fourth-order valence-corrected chi connectivity index (χ4v) is 6.03. The molecule has 5 rings (SSSR count). The first-order valence-electron chi connectivity index (χ1n) is 11.1. The molecule has 31 heavy (non-hydrogen) atoms. The zero-order valence-electron chi connectivity index (χ0n) is 18.1. The van der Waals surface area contributed by atoms with Crippen LogP contribution in [0.15, 0.2) is 47.2 Å². The summed E-state index contributed by atoms with van der Waals surface area (Å²) in [7, 11) is 0. The highest BCUT2D eigenvalue weighted by Crippen LogP contribution is 2.46. The van der Waals surface area contributed by atoms with E-state index in [2.05, 4.69) is 72.1 Å². The Kier molecular flexibility index (Phi) is 5.40. The number of carbonyl (C=O) groups excluding carboxylic acids is 1. The SMILES string of the molecule is CC(C)NC(=O)c1nnc2n1C[C@@H]1N(Cc3ccsc3)CC[C@@]1(c1ccccc1)CC2. The molecule has 0 radical (unpaired) electrons. The number of likely N-dealkylation sites (tertiary alicyclic amines) is 1. The second kappa shape index (κ2) is 8.20. The summed E-state index contributed by atoms with van der Waals surface area (Å²) in [6.45, 7) is 6.67. The van der Waals surface area contributed by atoms with Crippen LogP contribution in [-0.2, 0) is 24.9 Å². The van der Waals surface area contributed by atoms with Gasteiger partial charge in [0.15, 0.2) is 0 Å². The van der Waals surface area contributed by atoms with Gasteiger partial charge in [-0.05, 0) is 61.2 Å². The Morgan fingerprint density at radius 1 is 1.23 bits per heavy atom. The summed E-state index contributed by atoms with van der Waals surface area (Å²) in [5.74, 6) is 1.23. The maximum atomic E-state index is 12.8. The molecule has 7 heteroatoms. The summed E-state index contributed by atoms with van der Waals surface area (Å²) in [6.07, 6.45) is 2.98. The summed E-state index contributed by atoms with van der Waals surface area (Å²) in [4.78, 5) is 15.4. The maximum absolute atomic E-state index is 12.8. The largest absolute Gasteiger partial charge is 0.347 e. The van der Waals surface area contributed by atoms with Crippen LogP contribution in [0, 0.1) is 0 Å². The average Bonchev–Trinajstić information content (AvgIpc) is 3.47. The average molecular weight is 436 g/mol. The second-order valence-corrected chi connectivity index (χ2v) is 9.85. The number of aryl methyl sites for hydroxylation is 1. The normalized spacial score (nSPS) is 23.4. The fourth-order valence-electron chi connectivity index (χ4n) is 5.37. The molecule has 1 amide bonds. The maximum Gasteiger partial charge on any atom is 0.289 e. The molecular formula is C24H29N5OS. The molecule has 0 saturated carbocycles. The number of hydrogen-bond acceptors (Lipinski definition) is 5. The van der Waals surface area contributed by atoms with Crippen molar-refractivity contribution in [2.45, 2.75) is 63.7 Å². The van der Waals surface area contributed by atoms with Crippen LogP contribution in [-0.4, -0.2) is 44.2 Å². The molecule has 4 heterocycles. The number of thiophene rings is 1. The minimum atomic E-state index is -0.136. The van der Waals surface area contributed by atoms with Crippen molar-refractivity contribution in [3.63, 3.8) is 0 Å². The zero-order chi connectivity index (χ0) is 21.4. The number of amides is 1. The lowest BCUT2D eigenvalue weighted by molar-refractivity contribution is 0.0923. The van der Waals surface area contributed by atoms with Crippen LogP contribution in [0.1, 0.15) is 54.3 Å². The van der Waals surface area contributed by atoms with E-state index in [1.807, 2.05) is 13.8 Å². The molecule has 2 aromatic heterocycles. The molecule has 162 valence electrons. The Balaban J connectivity index is 1.54. The number of hydrogen-bond donors (Lipinski definition) is 1. The van der Waals surface area contributed by atoms with E-state index in [1.165, 1.54) is 11.1 Å². The van der Waals surface area contributed by atoms with Crippen LogP contribution in [0.3, 0.4) is 0 Å². The van der Waals surface area contributed by atoms with Crippen molar-refractivity contribution in [1.29, 1.82) is 0 Å². The van der Waals surface area contributed by atoms with Crippen LogP contribution in [0.2, 0.25) is 0 Å². The van der Waals surface area contributed by atoms with E-state index in [1.54, 1.807) is 11.3 Å². The number of rotatable bonds is 5. The lowest BCUT2D eigenvalue weighted by atomic mass is 9.71. The molecule has 3 aromatic rings. The predicted molar refractivity (Wildman–Crippen MR) is 122 cm³/mol. The standard InChI is InChI=1S/C24H29N5OS/c1-17(2)25-23(30)22-27-26-21-8-10-24(19-6-4-3-5-7-19)11-12-28(20(24)15-29(21)22)14-18-9-13-31-16-18/h3-7,9,13,16-17,20H,8,10-12,14-15H2,1-2H3,(H,25,30)/t20-,24+/m0/s1. The minimum Gasteiger partial charge on any atom is -0.347 e. The number of carbonyl (C=O) groups is 1. The van der Waals surface area contributed by atoms with E-state index in [-0.39, 0.29) is 23.4 Å². The monoisotopic (exact) mass is 435 g/mol. The lowest BCUT2D eigenvalue weighted by Crippen LogP contribution is -2.45. The Morgan fingerprint density at radius 2 is 2.06 bits per heavy atom. The molecule has 1 N–H and O–H groups in total. The van der Waals surface area contributed by atoms with Gasteiger partial charge in [-0.3, -0.25) is 9.69 Å². The van der Waals surface area contributed by atoms with Crippen molar-refractivity contribution in [3.05, 3.63) is 69.9 Å². The second-order valence-electron chi connectivity index (χ2n) is 9.07. The van der Waals surface area contributed by atoms with Gasteiger partial charge >= 0.3 is 0 Å². The minimum absolute atomic E-state index is 0.0593. The third-order valence-corrected chi connectivity index (χ3v) is 7.57. The van der Waals surface area contributed by atoms with Gasteiger partial charge < -0.3 is 9.88 Å². The summed E-state index contributed by atoms with van der Waals surface area (Å²) < 4.78 is 2.08. The third-order valence-electron chi connectivity index (χ3n) is 6.84. The van der Waals surface area contributed by atoms with E-state index >= 15 is 0 Å². The van der Waals surface area contributed by atoms with E-state index < -0.39 is 0 Å². The molecular weight excluding hydrogens is 406 g/mol. The summed E-state index contributed by atoms with van der Waals surface area (Å²) in [5, 5.41) is 16.1. The zero-order valence-corrected chi connectivity index (χ0v) is 18.9. The Hall–Kier alpha value is -2.51. The number of nitrogens with zero attached hydrogens (tertiary/aromatic N) is 4. The number of nitrogens with one attached hydrogen (secondary N) is 1. The van der Waals surface area contributed by atoms with Gasteiger partial charge in [0.25, 0.3) is 5.91 Å². The molecule has 2 aliphatic rings. The van der Waals surface area contributed by atoms with Gasteiger partial charge in [-0.15, -0.1) is 10.2 Å². The Morgan fingerprint density at radius 3 is 2.81 bits per heavy atom. The molecule has 1 aromatic carbocycles. The summed E-state index contributed by atoms with van der Waals surface area (Å²) >= 11 is 1.75. The molecule has 0 unspecified atom stereocenters. The van der Waals surface area contributed by atoms with Crippen molar-refractivity contribution >= 4 is 17.2 Å². The summed E-state index contributed by atoms with van der Waals surface area (Å²) in [6, 6.07) is 13.5. The molecule has 6 nitrogen and oxygen atoms in total. The first-order chi connectivity index (χ1) is 15.1. The topological polar surface area (TPSA) is 63.1 Å². The first kappa shape index (κ1) is 20.4. The van der Waals surface area contributed by atoms with E-state index in [0.717, 1.165) is 44.7 Å². The van der Waals surface area contributed by atoms with Crippen molar-refractivity contribution < 1.29 is 4.79 Å². The van der Waals surface area contributed by atoms with E-state index in [9.17, 15) is 4.79 Å². The molecule has 0 spiro atoms. The molecule has 0 aliphatic carbocycles. The predicted octanol–water partition coefficient (Wildman–Crippen LogP) is 3.64. The highest BCUT2D eigenvalue weighted by Gasteiger charge is 2.50. The van der Waals surface area contributed by atoms with Crippen LogP contribution in [0.25, 0.3) is 0 Å². The van der Waals surface area contributed by atoms with Gasteiger partial charge in [-0.2, -0.15) is 11.3 Å². The van der Waals surface area contributed by atoms with Crippen molar-refractivity contribution in [3.8, 4) is 0 Å². The van der Waals surface area contributed by atoms with Crippen LogP contribution < -0.4 is 5.32 Å². The molecule has 1 fully saturated rings. The first-order valence-corrected chi connectivity index (χ1v) is 12.0. The van der Waals surface area contributed by atoms with Gasteiger partial charge in [0, 0.05) is 37.0 Å². The summed E-state index contributed by atoms with van der Waals surface area (Å²) in [5.41, 5.74) is 2.82. The van der Waals surface area contributed by atoms with Crippen molar-refractivity contribution in [2.75, 3.05) is 6.54 Å². The van der Waals surface area contributed by atoms with Crippen LogP contribution in [0.5, 0.6) is 0 Å². The van der Waals surface area contributed by atoms with Crippen molar-refractivity contribution in [2.24, 2.45) is 0 Å². The van der Waals surface area contributed by atoms with E-state index in [4.69, 9.17) is 0 Å². The smallest absolute Gasteiger partial charge is 0.289 e. The van der Waals surface area contributed by atoms with Crippen LogP contribution >= 0.6 is 11.3 Å². The number of benzene rings is 1. The van der Waals surface area contributed by atoms with Gasteiger partial charge in [-0.25, -0.2) is 0 Å². The molecule has 1 saturated heterocycles.